The summed E-state index contributed by atoms with van der Waals surface area (Å²) in [5.41, 5.74) is 8.61. The first kappa shape index (κ1) is 13.2. The number of hydrogen-bond donors (Lipinski definition) is 2. The van der Waals surface area contributed by atoms with E-state index in [9.17, 15) is 0 Å². The van der Waals surface area contributed by atoms with Gasteiger partial charge in [-0.15, -0.1) is 0 Å². The Morgan fingerprint density at radius 3 is 2.31 bits per heavy atom. The number of nitrogens with one attached hydrogen (secondary N) is 1. The summed E-state index contributed by atoms with van der Waals surface area (Å²) in [6.07, 6.45) is 2.12. The molecular weight excluding hydrogens is 196 g/mol. The fourth-order valence-electron chi connectivity index (χ4n) is 1.63. The van der Waals surface area contributed by atoms with Crippen LogP contribution in [0.1, 0.15) is 44.4 Å². The Morgan fingerprint density at radius 1 is 1.19 bits per heavy atom. The van der Waals surface area contributed by atoms with Crippen molar-refractivity contribution in [1.29, 1.82) is 0 Å². The lowest BCUT2D eigenvalue weighted by atomic mass is 10.0. The molecule has 0 aromatic heterocycles. The summed E-state index contributed by atoms with van der Waals surface area (Å²) in [6.45, 7) is 7.36. The third-order valence-corrected chi connectivity index (χ3v) is 3.10. The van der Waals surface area contributed by atoms with Crippen LogP contribution < -0.4 is 11.1 Å². The number of hydrogen-bond acceptors (Lipinski definition) is 2. The molecule has 0 spiro atoms. The predicted octanol–water partition coefficient (Wildman–Crippen LogP) is 2.64. The number of aryl methyl sites for hydroxylation is 1. The van der Waals surface area contributed by atoms with E-state index >= 15 is 0 Å². The van der Waals surface area contributed by atoms with Gasteiger partial charge in [-0.1, -0.05) is 38.1 Å². The first-order chi connectivity index (χ1) is 7.67. The van der Waals surface area contributed by atoms with E-state index in [0.717, 1.165) is 19.4 Å². The molecule has 3 N–H and O–H groups in total. The lowest BCUT2D eigenvalue weighted by Crippen LogP contribution is -2.34. The summed E-state index contributed by atoms with van der Waals surface area (Å²) in [6, 6.07) is 9.45. The molecule has 0 radical (unpaired) electrons. The molecular formula is C14H24N2. The van der Waals surface area contributed by atoms with Crippen molar-refractivity contribution in [3.63, 3.8) is 0 Å². The van der Waals surface area contributed by atoms with E-state index in [2.05, 4.69) is 50.4 Å². The maximum atomic E-state index is 5.88. The van der Waals surface area contributed by atoms with Gasteiger partial charge in [0.15, 0.2) is 0 Å². The monoisotopic (exact) mass is 220 g/mol. The molecule has 0 aliphatic heterocycles. The van der Waals surface area contributed by atoms with Gasteiger partial charge in [-0.25, -0.2) is 0 Å². The van der Waals surface area contributed by atoms with Crippen molar-refractivity contribution in [3.05, 3.63) is 35.4 Å². The van der Waals surface area contributed by atoms with Crippen LogP contribution in [0.3, 0.4) is 0 Å². The molecule has 0 heterocycles. The summed E-state index contributed by atoms with van der Waals surface area (Å²) in [7, 11) is 0. The summed E-state index contributed by atoms with van der Waals surface area (Å²) in [4.78, 5) is 0. The highest BCUT2D eigenvalue weighted by atomic mass is 14.9. The van der Waals surface area contributed by atoms with Crippen molar-refractivity contribution >= 4 is 0 Å². The minimum Gasteiger partial charge on any atom is -0.327 e. The van der Waals surface area contributed by atoms with Crippen LogP contribution in [0, 0.1) is 0 Å². The summed E-state index contributed by atoms with van der Waals surface area (Å²) >= 11 is 0. The van der Waals surface area contributed by atoms with Gasteiger partial charge in [0.25, 0.3) is 0 Å². The highest BCUT2D eigenvalue weighted by molar-refractivity contribution is 5.24. The maximum Gasteiger partial charge on any atom is 0.0292 e. The molecule has 0 saturated carbocycles. The Labute approximate surface area is 99.2 Å². The molecule has 16 heavy (non-hydrogen) atoms. The molecule has 1 aromatic rings. The van der Waals surface area contributed by atoms with Crippen molar-refractivity contribution in [3.8, 4) is 0 Å². The average Bonchev–Trinajstić information content (AvgIpc) is 2.35. The standard InChI is InChI=1S/C14H24N2/c1-4-12-6-8-13(9-7-12)11(3)16-10-14(15)5-2/h6-9,11,14,16H,4-5,10,15H2,1-3H3. The first-order valence-electron chi connectivity index (χ1n) is 6.25. The molecule has 1 aromatic carbocycles. The predicted molar refractivity (Wildman–Crippen MR) is 70.5 cm³/mol. The Balaban J connectivity index is 2.49. The van der Waals surface area contributed by atoms with E-state index < -0.39 is 0 Å². The van der Waals surface area contributed by atoms with Gasteiger partial charge in [-0.2, -0.15) is 0 Å². The topological polar surface area (TPSA) is 38.0 Å². The average molecular weight is 220 g/mol. The molecule has 0 saturated heterocycles. The zero-order valence-electron chi connectivity index (χ0n) is 10.7. The zero-order valence-corrected chi connectivity index (χ0v) is 10.7. The molecule has 2 heteroatoms. The van der Waals surface area contributed by atoms with Crippen LogP contribution >= 0.6 is 0 Å². The second-order valence-corrected chi connectivity index (χ2v) is 4.39. The molecule has 0 bridgehead atoms. The van der Waals surface area contributed by atoms with Crippen molar-refractivity contribution in [2.75, 3.05) is 6.54 Å². The fraction of sp³-hybridized carbons (Fsp3) is 0.571. The van der Waals surface area contributed by atoms with Crippen LogP contribution in [0.4, 0.5) is 0 Å². The number of rotatable bonds is 6. The lowest BCUT2D eigenvalue weighted by Gasteiger charge is -2.17. The molecule has 0 aliphatic rings. The summed E-state index contributed by atoms with van der Waals surface area (Å²) in [5.74, 6) is 0. The van der Waals surface area contributed by atoms with Gasteiger partial charge in [0.1, 0.15) is 0 Å². The van der Waals surface area contributed by atoms with Crippen LogP contribution in [0.15, 0.2) is 24.3 Å². The molecule has 2 nitrogen and oxygen atoms in total. The Bertz CT molecular complexity index is 292. The van der Waals surface area contributed by atoms with Crippen molar-refractivity contribution < 1.29 is 0 Å². The van der Waals surface area contributed by atoms with E-state index in [-0.39, 0.29) is 6.04 Å². The van der Waals surface area contributed by atoms with E-state index in [1.54, 1.807) is 0 Å². The second-order valence-electron chi connectivity index (χ2n) is 4.39. The highest BCUT2D eigenvalue weighted by Gasteiger charge is 2.06. The molecule has 1 rings (SSSR count). The van der Waals surface area contributed by atoms with Crippen LogP contribution in [0.2, 0.25) is 0 Å². The molecule has 0 aliphatic carbocycles. The molecule has 90 valence electrons. The van der Waals surface area contributed by atoms with Gasteiger partial charge in [0.2, 0.25) is 0 Å². The normalized spacial score (nSPS) is 14.8. The molecule has 0 fully saturated rings. The third-order valence-electron chi connectivity index (χ3n) is 3.10. The minimum atomic E-state index is 0.261. The van der Waals surface area contributed by atoms with E-state index in [1.807, 2.05) is 0 Å². The number of nitrogens with two attached hydrogens (primary N) is 1. The summed E-state index contributed by atoms with van der Waals surface area (Å²) in [5, 5.41) is 3.46. The van der Waals surface area contributed by atoms with Crippen LogP contribution in [-0.4, -0.2) is 12.6 Å². The van der Waals surface area contributed by atoms with Gasteiger partial charge >= 0.3 is 0 Å². The van der Waals surface area contributed by atoms with E-state index in [4.69, 9.17) is 5.73 Å². The number of benzene rings is 1. The van der Waals surface area contributed by atoms with E-state index in [0.29, 0.717) is 6.04 Å². The van der Waals surface area contributed by atoms with Crippen LogP contribution in [-0.2, 0) is 6.42 Å². The first-order valence-corrected chi connectivity index (χ1v) is 6.25. The van der Waals surface area contributed by atoms with Gasteiger partial charge < -0.3 is 11.1 Å². The Hall–Kier alpha value is -0.860. The van der Waals surface area contributed by atoms with Gasteiger partial charge in [0, 0.05) is 18.6 Å². The molecule has 2 atom stereocenters. The van der Waals surface area contributed by atoms with Gasteiger partial charge in [-0.3, -0.25) is 0 Å². The maximum absolute atomic E-state index is 5.88. The second kappa shape index (κ2) is 6.66. The van der Waals surface area contributed by atoms with Gasteiger partial charge in [0.05, 0.1) is 0 Å². The molecule has 2 unspecified atom stereocenters. The largest absolute Gasteiger partial charge is 0.327 e. The molecule has 0 amide bonds. The van der Waals surface area contributed by atoms with E-state index in [1.165, 1.54) is 11.1 Å². The third kappa shape index (κ3) is 3.95. The SMILES string of the molecule is CCc1ccc(C(C)NCC(N)CC)cc1. The van der Waals surface area contributed by atoms with Gasteiger partial charge in [-0.05, 0) is 30.9 Å². The Morgan fingerprint density at radius 2 is 1.81 bits per heavy atom. The quantitative estimate of drug-likeness (QED) is 0.773. The fourth-order valence-corrected chi connectivity index (χ4v) is 1.63. The zero-order chi connectivity index (χ0) is 12.0. The van der Waals surface area contributed by atoms with Crippen LogP contribution in [0.25, 0.3) is 0 Å². The van der Waals surface area contributed by atoms with Crippen LogP contribution in [0.5, 0.6) is 0 Å². The van der Waals surface area contributed by atoms with Crippen molar-refractivity contribution in [1.82, 2.24) is 5.32 Å². The Kier molecular flexibility index (Phi) is 5.50. The lowest BCUT2D eigenvalue weighted by molar-refractivity contribution is 0.508. The van der Waals surface area contributed by atoms with Crippen molar-refractivity contribution in [2.45, 2.75) is 45.7 Å². The van der Waals surface area contributed by atoms with Crippen molar-refractivity contribution in [2.24, 2.45) is 5.73 Å². The smallest absolute Gasteiger partial charge is 0.0292 e. The minimum absolute atomic E-state index is 0.261. The highest BCUT2D eigenvalue weighted by Crippen LogP contribution is 2.13. The summed E-state index contributed by atoms with van der Waals surface area (Å²) < 4.78 is 0.